The van der Waals surface area contributed by atoms with E-state index in [1.165, 1.54) is 11.6 Å². The van der Waals surface area contributed by atoms with Crippen LogP contribution in [0.1, 0.15) is 47.5 Å². The Bertz CT molecular complexity index is 1560. The molecular weight excluding hydrogens is 718 g/mol. The Balaban J connectivity index is 1.94. The molecule has 3 aliphatic heterocycles. The van der Waals surface area contributed by atoms with Crippen LogP contribution < -0.4 is 10.0 Å². The molecule has 48 heavy (non-hydrogen) atoms. The highest BCUT2D eigenvalue weighted by molar-refractivity contribution is 7.83. The molecule has 0 aromatic carbocycles. The Labute approximate surface area is 276 Å². The molecule has 2 fully saturated rings. The summed E-state index contributed by atoms with van der Waals surface area (Å²) in [5, 5.41) is 34.6. The Morgan fingerprint density at radius 1 is 0.958 bits per heavy atom. The summed E-state index contributed by atoms with van der Waals surface area (Å²) in [6, 6.07) is -2.75. The van der Waals surface area contributed by atoms with E-state index in [9.17, 15) is 59.3 Å². The molecule has 22 nitrogen and oxygen atoms in total. The number of hydrogen-bond donors (Lipinski definition) is 8. The lowest BCUT2D eigenvalue weighted by atomic mass is 9.77. The van der Waals surface area contributed by atoms with Gasteiger partial charge in [0.1, 0.15) is 30.5 Å². The SMILES string of the molecule is CC(=O)N1C(C)(C)CC(NC(=O)C2=C[C@H](O)[C@@H](OS(=O)(=O)O)[C@H](O[C@H]3[C@H](O)[C@@H](NS(=O)(=O)O)[C@@H](O)O[C@@H]3COS(=O)(=O)O)O2)CC1(C)C. The average Bonchev–Trinajstić information content (AvgIpc) is 2.85. The number of ether oxygens (including phenoxy) is 3. The number of rotatable bonds is 11. The number of aliphatic hydroxyl groups is 3. The second kappa shape index (κ2) is 14.3. The highest BCUT2D eigenvalue weighted by atomic mass is 32.3. The molecule has 8 atom stereocenters. The van der Waals surface area contributed by atoms with Crippen LogP contribution in [0.4, 0.5) is 0 Å². The quantitative estimate of drug-likeness (QED) is 0.0948. The van der Waals surface area contributed by atoms with Crippen LogP contribution >= 0.6 is 0 Å². The first-order valence-corrected chi connectivity index (χ1v) is 18.1. The lowest BCUT2D eigenvalue weighted by Crippen LogP contribution is -2.66. The van der Waals surface area contributed by atoms with Crippen molar-refractivity contribution in [1.29, 1.82) is 0 Å². The molecule has 3 rings (SSSR count). The molecule has 3 heterocycles. The molecule has 0 aromatic rings. The summed E-state index contributed by atoms with van der Waals surface area (Å²) < 4.78 is 122. The smallest absolute Gasteiger partial charge is 0.397 e. The first-order valence-electron chi connectivity index (χ1n) is 14.0. The van der Waals surface area contributed by atoms with Crippen LogP contribution in [-0.4, -0.2) is 144 Å². The third-order valence-electron chi connectivity index (χ3n) is 7.63. The van der Waals surface area contributed by atoms with Gasteiger partial charge in [0.25, 0.3) is 5.91 Å². The fourth-order valence-electron chi connectivity index (χ4n) is 6.45. The van der Waals surface area contributed by atoms with Crippen LogP contribution in [0.2, 0.25) is 0 Å². The van der Waals surface area contributed by atoms with Crippen LogP contribution in [0.15, 0.2) is 11.8 Å². The van der Waals surface area contributed by atoms with Crippen LogP contribution in [0.5, 0.6) is 0 Å². The van der Waals surface area contributed by atoms with E-state index in [4.69, 9.17) is 18.8 Å². The van der Waals surface area contributed by atoms with E-state index in [2.05, 4.69) is 13.7 Å². The minimum absolute atomic E-state index is 0.197. The molecule has 0 spiro atoms. The van der Waals surface area contributed by atoms with E-state index in [1.54, 1.807) is 32.6 Å². The lowest BCUT2D eigenvalue weighted by molar-refractivity contribution is -0.302. The Kier molecular flexibility index (Phi) is 12.0. The highest BCUT2D eigenvalue weighted by Gasteiger charge is 2.52. The van der Waals surface area contributed by atoms with Gasteiger partial charge in [0, 0.05) is 24.0 Å². The third-order valence-corrected chi connectivity index (χ3v) is 9.10. The van der Waals surface area contributed by atoms with Crippen molar-refractivity contribution in [2.24, 2.45) is 0 Å². The molecule has 25 heteroatoms. The fourth-order valence-corrected chi connectivity index (χ4v) is 7.85. The number of amides is 2. The van der Waals surface area contributed by atoms with Crippen molar-refractivity contribution >= 4 is 42.9 Å². The summed E-state index contributed by atoms with van der Waals surface area (Å²) in [5.41, 5.74) is -1.47. The molecule has 3 aliphatic rings. The molecule has 0 unspecified atom stereocenters. The third kappa shape index (κ3) is 10.5. The van der Waals surface area contributed by atoms with Crippen LogP contribution in [0, 0.1) is 0 Å². The molecule has 0 aliphatic carbocycles. The van der Waals surface area contributed by atoms with Gasteiger partial charge >= 0.3 is 31.1 Å². The predicted octanol–water partition coefficient (Wildman–Crippen LogP) is -3.50. The molecule has 0 radical (unpaired) electrons. The monoisotopic (exact) mass is 757 g/mol. The summed E-state index contributed by atoms with van der Waals surface area (Å²) in [4.78, 5) is 27.4. The van der Waals surface area contributed by atoms with Crippen molar-refractivity contribution in [2.75, 3.05) is 6.61 Å². The second-order valence-corrected chi connectivity index (χ2v) is 15.9. The van der Waals surface area contributed by atoms with Gasteiger partial charge in [-0.1, -0.05) is 0 Å². The topological polar surface area (TPSA) is 331 Å². The maximum Gasteiger partial charge on any atom is 0.397 e. The maximum absolute atomic E-state index is 13.4. The molecule has 0 aromatic heterocycles. The Hall–Kier alpha value is -2.11. The zero-order valence-corrected chi connectivity index (χ0v) is 28.5. The van der Waals surface area contributed by atoms with E-state index in [1.807, 2.05) is 0 Å². The van der Waals surface area contributed by atoms with Gasteiger partial charge < -0.3 is 39.7 Å². The number of carbonyl (C=O) groups is 2. The normalized spacial score (nSPS) is 33.0. The van der Waals surface area contributed by atoms with Crippen molar-refractivity contribution in [3.05, 3.63) is 11.8 Å². The van der Waals surface area contributed by atoms with Gasteiger partial charge in [-0.05, 0) is 46.6 Å². The number of nitrogens with one attached hydrogen (secondary N) is 2. The summed E-state index contributed by atoms with van der Waals surface area (Å²) in [7, 11) is -15.8. The fraction of sp³-hybridized carbons (Fsp3) is 0.826. The predicted molar refractivity (Wildman–Crippen MR) is 155 cm³/mol. The summed E-state index contributed by atoms with van der Waals surface area (Å²) in [6.45, 7) is 7.31. The minimum Gasteiger partial charge on any atom is -0.456 e. The lowest BCUT2D eigenvalue weighted by Gasteiger charge is -2.55. The van der Waals surface area contributed by atoms with Gasteiger partial charge in [0.05, 0.1) is 6.61 Å². The molecule has 2 saturated heterocycles. The summed E-state index contributed by atoms with van der Waals surface area (Å²) in [6.07, 6.45) is -14.3. The second-order valence-electron chi connectivity index (χ2n) is 12.5. The van der Waals surface area contributed by atoms with E-state index in [-0.39, 0.29) is 18.7 Å². The number of nitrogens with zero attached hydrogens (tertiary/aromatic N) is 1. The van der Waals surface area contributed by atoms with Crippen LogP contribution in [0.25, 0.3) is 0 Å². The van der Waals surface area contributed by atoms with Gasteiger partial charge in [0.15, 0.2) is 18.2 Å². The van der Waals surface area contributed by atoms with Crippen molar-refractivity contribution in [1.82, 2.24) is 14.9 Å². The van der Waals surface area contributed by atoms with Gasteiger partial charge in [-0.25, -0.2) is 8.37 Å². The summed E-state index contributed by atoms with van der Waals surface area (Å²) in [5.74, 6) is -1.90. The number of aliphatic hydroxyl groups excluding tert-OH is 3. The Morgan fingerprint density at radius 2 is 1.52 bits per heavy atom. The van der Waals surface area contributed by atoms with Crippen LogP contribution in [-0.2, 0) is 63.3 Å². The number of piperidine rings is 1. The highest BCUT2D eigenvalue weighted by Crippen LogP contribution is 2.39. The minimum atomic E-state index is -5.41. The van der Waals surface area contributed by atoms with Gasteiger partial charge in [-0.3, -0.25) is 23.2 Å². The van der Waals surface area contributed by atoms with Gasteiger partial charge in [-0.15, -0.1) is 0 Å². The average molecular weight is 758 g/mol. The molecule has 0 saturated carbocycles. The van der Waals surface area contributed by atoms with Crippen LogP contribution in [0.3, 0.4) is 0 Å². The molecule has 2 amide bonds. The first kappa shape index (κ1) is 40.3. The maximum atomic E-state index is 13.4. The van der Waals surface area contributed by atoms with Crippen molar-refractivity contribution < 1.29 is 86.4 Å². The molecule has 8 N–H and O–H groups in total. The van der Waals surface area contributed by atoms with Crippen molar-refractivity contribution in [3.8, 4) is 0 Å². The molecular formula is C23H39N3O19S3. The largest absolute Gasteiger partial charge is 0.456 e. The number of hydrogen-bond acceptors (Lipinski definition) is 16. The van der Waals surface area contributed by atoms with E-state index in [0.29, 0.717) is 6.08 Å². The van der Waals surface area contributed by atoms with Crippen molar-refractivity contribution in [3.63, 3.8) is 0 Å². The first-order chi connectivity index (χ1) is 21.6. The number of carbonyl (C=O) groups excluding carboxylic acids is 2. The van der Waals surface area contributed by atoms with Gasteiger partial charge in [-0.2, -0.15) is 30.0 Å². The number of likely N-dealkylation sites (tertiary alicyclic amines) is 1. The summed E-state index contributed by atoms with van der Waals surface area (Å²) >= 11 is 0. The zero-order chi connectivity index (χ0) is 36.8. The molecule has 278 valence electrons. The molecule has 0 bridgehead atoms. The van der Waals surface area contributed by atoms with E-state index < -0.39 is 116 Å². The standard InChI is InChI=1S/C23H39N3O19S3/c1-10(27)26-22(2,3)7-11(8-23(26,4)5)24-19(30)13-6-12(28)17(45-48(38,39)40)21(43-13)44-18-14(9-41-47(35,36)37)42-20(31)15(16(18)29)25-46(32,33)34/h6,11-12,14-18,20-21,25,28-29,31H,7-9H2,1-5H3,(H,24,30)(H,32,33,34)(H,35,36,37)(H,38,39,40)/t12-,14+,15+,16+,17+,18+,20-,21-/m0/s1. The van der Waals surface area contributed by atoms with E-state index in [0.717, 1.165) is 0 Å². The van der Waals surface area contributed by atoms with E-state index >= 15 is 0 Å². The zero-order valence-electron chi connectivity index (χ0n) is 26.1. The van der Waals surface area contributed by atoms with Crippen molar-refractivity contribution in [2.45, 2.75) is 114 Å². The Morgan fingerprint density at radius 3 is 2.00 bits per heavy atom. The van der Waals surface area contributed by atoms with Gasteiger partial charge in [0.2, 0.25) is 12.2 Å².